The minimum Gasteiger partial charge on any atom is -0.497 e. The van der Waals surface area contributed by atoms with Crippen molar-refractivity contribution in [2.75, 3.05) is 33.3 Å². The van der Waals surface area contributed by atoms with E-state index >= 15 is 0 Å². The van der Waals surface area contributed by atoms with Gasteiger partial charge < -0.3 is 14.2 Å². The van der Waals surface area contributed by atoms with Crippen LogP contribution in [0.3, 0.4) is 0 Å². The second kappa shape index (κ2) is 9.27. The van der Waals surface area contributed by atoms with Crippen LogP contribution in [0.25, 0.3) is 0 Å². The molecule has 1 amide bonds. The maximum Gasteiger partial charge on any atom is 0.255 e. The summed E-state index contributed by atoms with van der Waals surface area (Å²) in [6.45, 7) is 5.49. The van der Waals surface area contributed by atoms with Crippen LogP contribution in [0, 0.1) is 13.8 Å². The molecular formula is C24H33N3O4S. The molecule has 0 radical (unpaired) electrons. The number of hydrogen-bond acceptors (Lipinski definition) is 4. The standard InChI is InChI=1S/C24H33N3O4S/c1-18-17-23(19(2)27(18)20-7-5-4-6-8-20)24(28)25-13-15-26(16-14-25)32(29,30)22-11-9-21(31-3)10-12-22/h9-12,17,20H,4-8,13-16H2,1-3H3. The number of benzene rings is 1. The molecule has 1 saturated heterocycles. The van der Waals surface area contributed by atoms with Crippen LogP contribution in [0.4, 0.5) is 0 Å². The first-order valence-electron chi connectivity index (χ1n) is 11.4. The van der Waals surface area contributed by atoms with Gasteiger partial charge >= 0.3 is 0 Å². The quantitative estimate of drug-likeness (QED) is 0.682. The summed E-state index contributed by atoms with van der Waals surface area (Å²) in [5.74, 6) is 0.617. The number of carbonyl (C=O) groups is 1. The van der Waals surface area contributed by atoms with Crippen LogP contribution in [-0.2, 0) is 10.0 Å². The second-order valence-electron chi connectivity index (χ2n) is 8.82. The molecule has 0 spiro atoms. The fourth-order valence-electron chi connectivity index (χ4n) is 5.09. The van der Waals surface area contributed by atoms with Gasteiger partial charge in [-0.1, -0.05) is 19.3 Å². The third kappa shape index (κ3) is 4.30. The number of methoxy groups -OCH3 is 1. The first kappa shape index (κ1) is 22.9. The molecule has 0 atom stereocenters. The van der Waals surface area contributed by atoms with Crippen molar-refractivity contribution in [3.05, 3.63) is 47.3 Å². The van der Waals surface area contributed by atoms with Gasteiger partial charge in [0.25, 0.3) is 5.91 Å². The van der Waals surface area contributed by atoms with E-state index < -0.39 is 10.0 Å². The zero-order valence-electron chi connectivity index (χ0n) is 19.2. The third-order valence-corrected chi connectivity index (χ3v) is 8.79. The van der Waals surface area contributed by atoms with E-state index in [0.29, 0.717) is 38.0 Å². The molecule has 1 aromatic carbocycles. The molecule has 1 saturated carbocycles. The van der Waals surface area contributed by atoms with Gasteiger partial charge in [-0.25, -0.2) is 8.42 Å². The number of ether oxygens (including phenoxy) is 1. The Hall–Kier alpha value is -2.32. The number of amides is 1. The molecule has 0 N–H and O–H groups in total. The molecule has 7 nitrogen and oxygen atoms in total. The molecule has 2 heterocycles. The van der Waals surface area contributed by atoms with Gasteiger partial charge in [-0.3, -0.25) is 4.79 Å². The molecule has 8 heteroatoms. The Labute approximate surface area is 191 Å². The van der Waals surface area contributed by atoms with Gasteiger partial charge in [0.2, 0.25) is 10.0 Å². The van der Waals surface area contributed by atoms with Crippen molar-refractivity contribution in [1.29, 1.82) is 0 Å². The van der Waals surface area contributed by atoms with Crippen molar-refractivity contribution in [2.24, 2.45) is 0 Å². The minimum atomic E-state index is -3.59. The van der Waals surface area contributed by atoms with E-state index in [9.17, 15) is 13.2 Å². The molecule has 1 aliphatic heterocycles. The maximum absolute atomic E-state index is 13.3. The highest BCUT2D eigenvalue weighted by atomic mass is 32.2. The summed E-state index contributed by atoms with van der Waals surface area (Å²) >= 11 is 0. The number of sulfonamides is 1. The lowest BCUT2D eigenvalue weighted by Crippen LogP contribution is -2.50. The van der Waals surface area contributed by atoms with Crippen LogP contribution in [0.5, 0.6) is 5.75 Å². The lowest BCUT2D eigenvalue weighted by Gasteiger charge is -2.34. The monoisotopic (exact) mass is 459 g/mol. The Bertz CT molecular complexity index is 1060. The molecule has 0 unspecified atom stereocenters. The molecule has 4 rings (SSSR count). The number of piperazine rings is 1. The van der Waals surface area contributed by atoms with Crippen LogP contribution in [0.2, 0.25) is 0 Å². The molecule has 2 aliphatic rings. The topological polar surface area (TPSA) is 71.9 Å². The summed E-state index contributed by atoms with van der Waals surface area (Å²) in [6.07, 6.45) is 6.13. The number of rotatable bonds is 5. The van der Waals surface area contributed by atoms with Crippen molar-refractivity contribution >= 4 is 15.9 Å². The molecule has 174 valence electrons. The molecule has 1 aromatic heterocycles. The fraction of sp³-hybridized carbons (Fsp3) is 0.542. The summed E-state index contributed by atoms with van der Waals surface area (Å²) in [5.41, 5.74) is 2.92. The first-order valence-corrected chi connectivity index (χ1v) is 12.9. The number of hydrogen-bond donors (Lipinski definition) is 0. The predicted octanol–water partition coefficient (Wildman–Crippen LogP) is 3.77. The average Bonchev–Trinajstić information content (AvgIpc) is 3.13. The SMILES string of the molecule is COc1ccc(S(=O)(=O)N2CCN(C(=O)c3cc(C)n(C4CCCCC4)c3C)CC2)cc1. The van der Waals surface area contributed by atoms with Gasteiger partial charge in [0, 0.05) is 43.6 Å². The minimum absolute atomic E-state index is 0.00153. The highest BCUT2D eigenvalue weighted by Crippen LogP contribution is 2.32. The van der Waals surface area contributed by atoms with Crippen LogP contribution in [0.1, 0.15) is 59.9 Å². The van der Waals surface area contributed by atoms with Gasteiger partial charge in [0.1, 0.15) is 5.75 Å². The Morgan fingerprint density at radius 3 is 2.19 bits per heavy atom. The van der Waals surface area contributed by atoms with Gasteiger partial charge in [0.05, 0.1) is 17.6 Å². The van der Waals surface area contributed by atoms with Gasteiger partial charge in [-0.15, -0.1) is 0 Å². The first-order chi connectivity index (χ1) is 15.3. The summed E-state index contributed by atoms with van der Waals surface area (Å²) in [6, 6.07) is 8.91. The van der Waals surface area contributed by atoms with Gasteiger partial charge in [-0.2, -0.15) is 4.31 Å². The van der Waals surface area contributed by atoms with Crippen molar-refractivity contribution in [2.45, 2.75) is 56.9 Å². The van der Waals surface area contributed by atoms with Crippen molar-refractivity contribution in [1.82, 2.24) is 13.8 Å². The summed E-state index contributed by atoms with van der Waals surface area (Å²) in [4.78, 5) is 15.3. The molecule has 1 aliphatic carbocycles. The van der Waals surface area contributed by atoms with Crippen LogP contribution < -0.4 is 4.74 Å². The number of aryl methyl sites for hydroxylation is 1. The number of aromatic nitrogens is 1. The molecule has 32 heavy (non-hydrogen) atoms. The van der Waals surface area contributed by atoms with E-state index in [1.54, 1.807) is 36.3 Å². The summed E-state index contributed by atoms with van der Waals surface area (Å²) in [5, 5.41) is 0. The van der Waals surface area contributed by atoms with Gasteiger partial charge in [-0.05, 0) is 57.0 Å². The van der Waals surface area contributed by atoms with E-state index in [-0.39, 0.29) is 10.8 Å². The van der Waals surface area contributed by atoms with E-state index in [2.05, 4.69) is 11.5 Å². The Morgan fingerprint density at radius 1 is 0.969 bits per heavy atom. The highest BCUT2D eigenvalue weighted by molar-refractivity contribution is 7.89. The van der Waals surface area contributed by atoms with Crippen molar-refractivity contribution in [3.8, 4) is 5.75 Å². The Morgan fingerprint density at radius 2 is 1.59 bits per heavy atom. The largest absolute Gasteiger partial charge is 0.497 e. The zero-order valence-corrected chi connectivity index (χ0v) is 20.0. The zero-order chi connectivity index (χ0) is 22.9. The van der Waals surface area contributed by atoms with E-state index in [1.165, 1.54) is 36.4 Å². The average molecular weight is 460 g/mol. The fourth-order valence-corrected chi connectivity index (χ4v) is 6.52. The molecule has 2 fully saturated rings. The van der Waals surface area contributed by atoms with E-state index in [0.717, 1.165) is 17.0 Å². The lowest BCUT2D eigenvalue weighted by molar-refractivity contribution is 0.0697. The number of nitrogens with zero attached hydrogens (tertiary/aromatic N) is 3. The summed E-state index contributed by atoms with van der Waals surface area (Å²) in [7, 11) is -2.04. The van der Waals surface area contributed by atoms with Crippen LogP contribution >= 0.6 is 0 Å². The van der Waals surface area contributed by atoms with Crippen LogP contribution in [-0.4, -0.2) is 61.4 Å². The molecule has 2 aromatic rings. The lowest BCUT2D eigenvalue weighted by atomic mass is 9.95. The van der Waals surface area contributed by atoms with E-state index in [1.807, 2.05) is 13.0 Å². The van der Waals surface area contributed by atoms with E-state index in [4.69, 9.17) is 4.74 Å². The summed E-state index contributed by atoms with van der Waals surface area (Å²) < 4.78 is 34.9. The van der Waals surface area contributed by atoms with Crippen LogP contribution in [0.15, 0.2) is 35.2 Å². The van der Waals surface area contributed by atoms with Crippen molar-refractivity contribution < 1.29 is 17.9 Å². The maximum atomic E-state index is 13.3. The predicted molar refractivity (Wildman–Crippen MR) is 124 cm³/mol. The second-order valence-corrected chi connectivity index (χ2v) is 10.8. The highest BCUT2D eigenvalue weighted by Gasteiger charge is 2.32. The van der Waals surface area contributed by atoms with Gasteiger partial charge in [0.15, 0.2) is 0 Å². The van der Waals surface area contributed by atoms with Crippen molar-refractivity contribution in [3.63, 3.8) is 0 Å². The third-order valence-electron chi connectivity index (χ3n) is 6.88. The Kier molecular flexibility index (Phi) is 6.62. The Balaban J connectivity index is 1.44. The number of carbonyl (C=O) groups excluding carboxylic acids is 1. The molecule has 0 bridgehead atoms. The molecular weight excluding hydrogens is 426 g/mol. The smallest absolute Gasteiger partial charge is 0.255 e. The normalized spacial score (nSPS) is 18.7.